The molecule has 0 aliphatic heterocycles. The molecule has 0 aliphatic rings. The Morgan fingerprint density at radius 3 is 2.00 bits per heavy atom. The molecule has 0 N–H and O–H groups in total. The minimum absolute atomic E-state index is 0.207. The second-order valence-corrected chi connectivity index (χ2v) is 7.87. The van der Waals surface area contributed by atoms with E-state index in [1.54, 1.807) is 21.3 Å². The van der Waals surface area contributed by atoms with Crippen LogP contribution in [0.25, 0.3) is 0 Å². The highest BCUT2D eigenvalue weighted by molar-refractivity contribution is 6.60. The van der Waals surface area contributed by atoms with Gasteiger partial charge in [-0.1, -0.05) is 39.0 Å². The number of rotatable bonds is 13. The maximum atomic E-state index is 11.6. The molecule has 0 atom stereocenters. The minimum Gasteiger partial charge on any atom is -0.466 e. The van der Waals surface area contributed by atoms with Crippen molar-refractivity contribution < 1.29 is 22.8 Å². The zero-order valence-corrected chi connectivity index (χ0v) is 14.4. The van der Waals surface area contributed by atoms with Crippen LogP contribution in [-0.2, 0) is 22.8 Å². The second kappa shape index (κ2) is 12.3. The van der Waals surface area contributed by atoms with Gasteiger partial charge in [-0.05, 0) is 6.42 Å². The van der Waals surface area contributed by atoms with E-state index in [1.165, 1.54) is 25.7 Å². The fourth-order valence-electron chi connectivity index (χ4n) is 1.95. The largest absolute Gasteiger partial charge is 0.500 e. The van der Waals surface area contributed by atoms with E-state index in [0.29, 0.717) is 12.7 Å². The normalized spacial score (nSPS) is 11.6. The van der Waals surface area contributed by atoms with Crippen molar-refractivity contribution in [3.05, 3.63) is 0 Å². The Kier molecular flexibility index (Phi) is 12.1. The first-order valence-electron chi connectivity index (χ1n) is 7.45. The third-order valence-corrected chi connectivity index (χ3v) is 6.06. The molecule has 0 aliphatic carbocycles. The van der Waals surface area contributed by atoms with Crippen LogP contribution >= 0.6 is 0 Å². The molecule has 0 bridgehead atoms. The molecular formula is C14H30O5Si. The van der Waals surface area contributed by atoms with Crippen molar-refractivity contribution in [1.29, 1.82) is 0 Å². The number of hydrogen-bond acceptors (Lipinski definition) is 5. The maximum Gasteiger partial charge on any atom is 0.500 e. The minimum atomic E-state index is -2.65. The number of esters is 1. The number of ether oxygens (including phenoxy) is 1. The first-order valence-corrected chi connectivity index (χ1v) is 9.38. The predicted molar refractivity (Wildman–Crippen MR) is 80.5 cm³/mol. The fraction of sp³-hybridized carbons (Fsp3) is 0.929. The van der Waals surface area contributed by atoms with Crippen LogP contribution in [0.3, 0.4) is 0 Å². The smallest absolute Gasteiger partial charge is 0.466 e. The Labute approximate surface area is 124 Å². The summed E-state index contributed by atoms with van der Waals surface area (Å²) in [5.74, 6) is -0.207. The third-order valence-electron chi connectivity index (χ3n) is 3.33. The molecule has 0 heterocycles. The van der Waals surface area contributed by atoms with Crippen LogP contribution in [-0.4, -0.2) is 42.7 Å². The first-order chi connectivity index (χ1) is 9.64. The van der Waals surface area contributed by atoms with Gasteiger partial charge in [0.05, 0.1) is 6.61 Å². The van der Waals surface area contributed by atoms with Crippen LogP contribution < -0.4 is 0 Å². The van der Waals surface area contributed by atoms with Crippen molar-refractivity contribution in [3.8, 4) is 0 Å². The summed E-state index contributed by atoms with van der Waals surface area (Å²) in [4.78, 5) is 11.6. The summed E-state index contributed by atoms with van der Waals surface area (Å²) >= 11 is 0. The lowest BCUT2D eigenvalue weighted by Crippen LogP contribution is -2.43. The van der Waals surface area contributed by atoms with Gasteiger partial charge in [0.25, 0.3) is 0 Å². The molecule has 5 nitrogen and oxygen atoms in total. The summed E-state index contributed by atoms with van der Waals surface area (Å²) in [6.07, 6.45) is 7.37. The molecule has 6 heteroatoms. The van der Waals surface area contributed by atoms with Crippen molar-refractivity contribution in [1.82, 2.24) is 0 Å². The lowest BCUT2D eigenvalue weighted by molar-refractivity contribution is -0.143. The summed E-state index contributed by atoms with van der Waals surface area (Å²) < 4.78 is 21.0. The predicted octanol–water partition coefficient (Wildman–Crippen LogP) is 3.16. The van der Waals surface area contributed by atoms with Gasteiger partial charge >= 0.3 is 14.8 Å². The average Bonchev–Trinajstić information content (AvgIpc) is 2.48. The van der Waals surface area contributed by atoms with Crippen molar-refractivity contribution in [2.75, 3.05) is 27.9 Å². The molecule has 120 valence electrons. The van der Waals surface area contributed by atoms with Crippen LogP contribution in [0, 0.1) is 0 Å². The average molecular weight is 306 g/mol. The van der Waals surface area contributed by atoms with E-state index in [9.17, 15) is 4.79 Å². The molecule has 0 spiro atoms. The molecule has 0 aromatic heterocycles. The van der Waals surface area contributed by atoms with Gasteiger partial charge in [0, 0.05) is 33.8 Å². The van der Waals surface area contributed by atoms with Crippen LogP contribution in [0.5, 0.6) is 0 Å². The molecule has 20 heavy (non-hydrogen) atoms. The van der Waals surface area contributed by atoms with E-state index in [0.717, 1.165) is 12.8 Å². The van der Waals surface area contributed by atoms with E-state index >= 15 is 0 Å². The molecule has 0 unspecified atom stereocenters. The van der Waals surface area contributed by atoms with Crippen molar-refractivity contribution in [2.24, 2.45) is 0 Å². The van der Waals surface area contributed by atoms with E-state index in [1.807, 2.05) is 0 Å². The summed E-state index contributed by atoms with van der Waals surface area (Å²) in [6, 6.07) is 0.450. The van der Waals surface area contributed by atoms with Gasteiger partial charge < -0.3 is 18.0 Å². The molecule has 0 amide bonds. The standard InChI is InChI=1S/C14H30O5Si/c1-5-6-7-8-9-10-12-19-14(15)11-13-20(16-2,17-3)18-4/h5-13H2,1-4H3. The Hall–Kier alpha value is -0.433. The van der Waals surface area contributed by atoms with Crippen LogP contribution in [0.2, 0.25) is 6.04 Å². The van der Waals surface area contributed by atoms with Gasteiger partial charge in [0.2, 0.25) is 0 Å². The van der Waals surface area contributed by atoms with Gasteiger partial charge in [-0.3, -0.25) is 4.79 Å². The summed E-state index contributed by atoms with van der Waals surface area (Å²) in [5, 5.41) is 0. The maximum absolute atomic E-state index is 11.6. The molecule has 0 fully saturated rings. The van der Waals surface area contributed by atoms with Gasteiger partial charge in [0.1, 0.15) is 0 Å². The molecular weight excluding hydrogens is 276 g/mol. The molecule has 0 aromatic rings. The van der Waals surface area contributed by atoms with Gasteiger partial charge in [0.15, 0.2) is 0 Å². The zero-order chi connectivity index (χ0) is 15.3. The SMILES string of the molecule is CCCCCCCCOC(=O)CC[Si](OC)(OC)OC. The Morgan fingerprint density at radius 1 is 0.900 bits per heavy atom. The Balaban J connectivity index is 3.63. The fourth-order valence-corrected chi connectivity index (χ4v) is 3.57. The van der Waals surface area contributed by atoms with Crippen molar-refractivity contribution in [2.45, 2.75) is 57.9 Å². The number of unbranched alkanes of at least 4 members (excludes halogenated alkanes) is 5. The van der Waals surface area contributed by atoms with Crippen molar-refractivity contribution in [3.63, 3.8) is 0 Å². The van der Waals surface area contributed by atoms with Crippen molar-refractivity contribution >= 4 is 14.8 Å². The van der Waals surface area contributed by atoms with E-state index in [-0.39, 0.29) is 12.4 Å². The van der Waals surface area contributed by atoms with Gasteiger partial charge in [-0.2, -0.15) is 0 Å². The lowest BCUT2D eigenvalue weighted by Gasteiger charge is -2.23. The van der Waals surface area contributed by atoms with E-state index < -0.39 is 8.80 Å². The summed E-state index contributed by atoms with van der Waals surface area (Å²) in [6.45, 7) is 2.71. The van der Waals surface area contributed by atoms with E-state index in [2.05, 4.69) is 6.92 Å². The number of carbonyl (C=O) groups is 1. The van der Waals surface area contributed by atoms with Gasteiger partial charge in [-0.15, -0.1) is 0 Å². The highest BCUT2D eigenvalue weighted by Crippen LogP contribution is 2.15. The molecule has 0 aromatic carbocycles. The molecule has 0 saturated heterocycles. The summed E-state index contributed by atoms with van der Waals surface area (Å²) in [7, 11) is 1.98. The van der Waals surface area contributed by atoms with E-state index in [4.69, 9.17) is 18.0 Å². The van der Waals surface area contributed by atoms with Crippen LogP contribution in [0.4, 0.5) is 0 Å². The molecule has 0 rings (SSSR count). The molecule has 0 saturated carbocycles. The first kappa shape index (κ1) is 19.6. The third kappa shape index (κ3) is 8.68. The summed E-state index contributed by atoms with van der Waals surface area (Å²) in [5.41, 5.74) is 0. The molecule has 0 radical (unpaired) electrons. The monoisotopic (exact) mass is 306 g/mol. The Bertz CT molecular complexity index is 235. The Morgan fingerprint density at radius 2 is 1.45 bits per heavy atom. The highest BCUT2D eigenvalue weighted by Gasteiger charge is 2.38. The second-order valence-electron chi connectivity index (χ2n) is 4.78. The van der Waals surface area contributed by atoms with Gasteiger partial charge in [-0.25, -0.2) is 0 Å². The zero-order valence-electron chi connectivity index (χ0n) is 13.4. The highest BCUT2D eigenvalue weighted by atomic mass is 28.4. The quantitative estimate of drug-likeness (QED) is 0.297. The van der Waals surface area contributed by atoms with Crippen LogP contribution in [0.15, 0.2) is 0 Å². The lowest BCUT2D eigenvalue weighted by atomic mass is 10.1. The number of carbonyl (C=O) groups excluding carboxylic acids is 1. The number of hydrogen-bond donors (Lipinski definition) is 0. The van der Waals surface area contributed by atoms with Crippen LogP contribution in [0.1, 0.15) is 51.9 Å². The topological polar surface area (TPSA) is 54.0 Å².